The van der Waals surface area contributed by atoms with Crippen LogP contribution >= 0.6 is 0 Å². The molecule has 214 valence electrons. The van der Waals surface area contributed by atoms with E-state index in [0.29, 0.717) is 16.7 Å². The summed E-state index contributed by atoms with van der Waals surface area (Å²) in [6, 6.07) is 0. The van der Waals surface area contributed by atoms with Gasteiger partial charge in [-0.3, -0.25) is 4.59 Å². The molecule has 4 rings (SSSR count). The number of rotatable bonds is 3. The molecule has 4 fully saturated rings. The summed E-state index contributed by atoms with van der Waals surface area (Å²) in [6.07, 6.45) is 14.2. The van der Waals surface area contributed by atoms with Gasteiger partial charge in [-0.15, -0.1) is 13.2 Å². The molecule has 8 unspecified atom stereocenters. The maximum Gasteiger partial charge on any atom is 0.0853 e. The third-order valence-electron chi connectivity index (χ3n) is 10.4. The molecule has 4 N–H and O–H groups in total. The Morgan fingerprint density at radius 3 is 1.94 bits per heavy atom. The second-order valence-electron chi connectivity index (χ2n) is 13.4. The fourth-order valence-corrected chi connectivity index (χ4v) is 8.18. The van der Waals surface area contributed by atoms with Gasteiger partial charge in [-0.05, 0) is 112 Å². The van der Waals surface area contributed by atoms with Crippen molar-refractivity contribution in [1.82, 2.24) is 5.43 Å². The summed E-state index contributed by atoms with van der Waals surface area (Å²) in [5, 5.41) is 8.28. The predicted octanol–water partition coefficient (Wildman–Crippen LogP) is 7.94. The summed E-state index contributed by atoms with van der Waals surface area (Å²) in [6.45, 7) is 18.7. The van der Waals surface area contributed by atoms with Gasteiger partial charge in [-0.25, -0.2) is 0 Å². The number of hydrogen-bond acceptors (Lipinski definition) is 3. The third-order valence-corrected chi connectivity index (χ3v) is 10.4. The van der Waals surface area contributed by atoms with Crippen LogP contribution in [0.2, 0.25) is 0 Å². The minimum atomic E-state index is 0. The molecule has 0 heterocycles. The fraction of sp³-hybridized carbons (Fsp3) is 0.906. The average molecular weight is 508 g/mol. The van der Waals surface area contributed by atoms with Crippen molar-refractivity contribution >= 4 is 5.71 Å². The van der Waals surface area contributed by atoms with Gasteiger partial charge in [-0.2, -0.15) is 5.43 Å². The molecule has 0 radical (unpaired) electrons. The van der Waals surface area contributed by atoms with E-state index in [1.807, 2.05) is 7.05 Å². The van der Waals surface area contributed by atoms with Crippen molar-refractivity contribution in [3.05, 3.63) is 13.2 Å². The smallest absolute Gasteiger partial charge is 0.0853 e. The van der Waals surface area contributed by atoms with E-state index in [9.17, 15) is 0 Å². The van der Waals surface area contributed by atoms with Crippen molar-refractivity contribution in [3.63, 3.8) is 0 Å². The van der Waals surface area contributed by atoms with Crippen molar-refractivity contribution in [2.75, 3.05) is 34.7 Å². The molecule has 0 aromatic carbocycles. The Hall–Kier alpha value is -0.710. The molecule has 0 bridgehead atoms. The van der Waals surface area contributed by atoms with Crippen LogP contribution in [0, 0.1) is 51.7 Å². The molecule has 0 amide bonds. The highest BCUT2D eigenvalue weighted by Crippen LogP contribution is 2.67. The summed E-state index contributed by atoms with van der Waals surface area (Å²) in [5.74, 6) is 5.46. The summed E-state index contributed by atoms with van der Waals surface area (Å²) >= 11 is 0. The molecule has 0 spiro atoms. The van der Waals surface area contributed by atoms with Gasteiger partial charge in [0.05, 0.1) is 21.1 Å². The monoisotopic (exact) mass is 508 g/mol. The molecule has 4 heteroatoms. The van der Waals surface area contributed by atoms with Crippen LogP contribution in [0.3, 0.4) is 0 Å². The third kappa shape index (κ3) is 8.14. The summed E-state index contributed by atoms with van der Waals surface area (Å²) < 4.78 is 0.819. The Bertz CT molecular complexity index is 639. The number of hydrogen-bond donors (Lipinski definition) is 3. The number of quaternary nitrogens is 1. The van der Waals surface area contributed by atoms with Crippen LogP contribution in [-0.4, -0.2) is 45.0 Å². The number of nitrogens with zero attached hydrogens (tertiary/aromatic N) is 1. The van der Waals surface area contributed by atoms with Crippen molar-refractivity contribution in [3.8, 4) is 0 Å². The first-order valence-electron chi connectivity index (χ1n) is 14.6. The largest absolute Gasteiger partial charge is 0.330 e. The van der Waals surface area contributed by atoms with E-state index in [0.717, 1.165) is 52.9 Å². The fourth-order valence-electron chi connectivity index (χ4n) is 8.18. The van der Waals surface area contributed by atoms with Crippen LogP contribution in [-0.2, 0) is 0 Å². The van der Waals surface area contributed by atoms with E-state index in [2.05, 4.69) is 74.3 Å². The summed E-state index contributed by atoms with van der Waals surface area (Å²) in [7, 11) is 8.14. The van der Waals surface area contributed by atoms with Crippen LogP contribution in [0.25, 0.3) is 0 Å². The molecule has 4 aliphatic carbocycles. The highest BCUT2D eigenvalue weighted by atomic mass is 15.6. The maximum atomic E-state index is 8.28. The molecular weight excluding hydrogens is 440 g/mol. The van der Waals surface area contributed by atoms with Gasteiger partial charge in [0.1, 0.15) is 0 Å². The number of nitrogens with one attached hydrogen (secondary N) is 2. The quantitative estimate of drug-likeness (QED) is 0.157. The van der Waals surface area contributed by atoms with Crippen LogP contribution in [0.4, 0.5) is 0 Å². The van der Waals surface area contributed by atoms with Gasteiger partial charge in [0.25, 0.3) is 0 Å². The first-order valence-corrected chi connectivity index (χ1v) is 14.6. The van der Waals surface area contributed by atoms with Crippen molar-refractivity contribution in [1.29, 1.82) is 5.41 Å². The van der Waals surface area contributed by atoms with Crippen molar-refractivity contribution in [2.24, 2.45) is 52.1 Å². The maximum absolute atomic E-state index is 8.28. The molecule has 4 nitrogen and oxygen atoms in total. The molecule has 0 aromatic rings. The molecular formula is C32H67N4+. The Morgan fingerprint density at radius 1 is 0.972 bits per heavy atom. The lowest BCUT2D eigenvalue weighted by molar-refractivity contribution is -0.913. The van der Waals surface area contributed by atoms with Gasteiger partial charge in [-0.1, -0.05) is 41.5 Å². The zero-order chi connectivity index (χ0) is 27.0. The van der Waals surface area contributed by atoms with E-state index in [4.69, 9.17) is 11.1 Å². The van der Waals surface area contributed by atoms with E-state index < -0.39 is 0 Å². The van der Waals surface area contributed by atoms with E-state index in [-0.39, 0.29) is 7.43 Å². The number of nitrogens with two attached hydrogens (primary N) is 1. The lowest BCUT2D eigenvalue weighted by Crippen LogP contribution is -2.53. The predicted molar refractivity (Wildman–Crippen MR) is 162 cm³/mol. The van der Waals surface area contributed by atoms with Crippen LogP contribution in [0.5, 0.6) is 0 Å². The van der Waals surface area contributed by atoms with Crippen molar-refractivity contribution < 1.29 is 4.59 Å². The summed E-state index contributed by atoms with van der Waals surface area (Å²) in [5.41, 5.74) is 10.1. The molecule has 0 aromatic heterocycles. The van der Waals surface area contributed by atoms with Crippen LogP contribution in [0.1, 0.15) is 106 Å². The first kappa shape index (κ1) is 35.3. The molecule has 0 aliphatic heterocycles. The minimum Gasteiger partial charge on any atom is -0.330 e. The zero-order valence-corrected chi connectivity index (χ0v) is 25.2. The Balaban J connectivity index is 0.000000801. The van der Waals surface area contributed by atoms with Gasteiger partial charge in [0, 0.05) is 18.7 Å². The van der Waals surface area contributed by atoms with Gasteiger partial charge >= 0.3 is 0 Å². The molecule has 4 aliphatic rings. The standard InChI is InChI=1S/C22H37N.C4H13N2.C3H9N.C2H4.CH4/c1-14-9-11-21(3)16(13-14)5-6-17-19-8-7-18(15(2)23)22(19,4)12-10-20(17)21;1-5-6(2,3)4;1-2-3-4;1-2;/h14,16-20,23H,5-13H2,1-4H3;5H,1-4H3;2-4H2,1H3;1-2H2;1H4/q;+1;;;. The Labute approximate surface area is 227 Å². The minimum absolute atomic E-state index is 0. The van der Waals surface area contributed by atoms with Gasteiger partial charge in [0.15, 0.2) is 0 Å². The normalized spacial score (nSPS) is 38.5. The molecule has 36 heavy (non-hydrogen) atoms. The SMILES string of the molecule is C.C=C.CC(=N)C1CCC2C3CCC4CC(C)CCC4(C)C3CCC12C.CCCN.CN[N+](C)(C)C. The van der Waals surface area contributed by atoms with E-state index in [1.165, 1.54) is 57.8 Å². The second-order valence-corrected chi connectivity index (χ2v) is 13.4. The highest BCUT2D eigenvalue weighted by molar-refractivity contribution is 5.82. The molecule has 0 saturated heterocycles. The van der Waals surface area contributed by atoms with Crippen LogP contribution < -0.4 is 11.2 Å². The summed E-state index contributed by atoms with van der Waals surface area (Å²) in [4.78, 5) is 0. The molecule has 8 atom stereocenters. The highest BCUT2D eigenvalue weighted by Gasteiger charge is 2.60. The van der Waals surface area contributed by atoms with E-state index in [1.54, 1.807) is 0 Å². The Kier molecular flexibility index (Phi) is 14.7. The van der Waals surface area contributed by atoms with Gasteiger partial charge < -0.3 is 11.1 Å². The van der Waals surface area contributed by atoms with Crippen LogP contribution in [0.15, 0.2) is 13.2 Å². The second kappa shape index (κ2) is 15.0. The van der Waals surface area contributed by atoms with E-state index >= 15 is 0 Å². The Morgan fingerprint density at radius 2 is 1.47 bits per heavy atom. The first-order chi connectivity index (χ1) is 16.3. The number of fused-ring (bicyclic) bond motifs is 5. The molecule has 4 saturated carbocycles. The zero-order valence-electron chi connectivity index (χ0n) is 25.2. The lowest BCUT2D eigenvalue weighted by atomic mass is 9.44. The van der Waals surface area contributed by atoms with Gasteiger partial charge in [0.2, 0.25) is 0 Å². The lowest BCUT2D eigenvalue weighted by Gasteiger charge is -2.61. The topological polar surface area (TPSA) is 61.9 Å². The average Bonchev–Trinajstić information content (AvgIpc) is 3.18. The van der Waals surface area contributed by atoms with Crippen molar-refractivity contribution in [2.45, 2.75) is 106 Å².